The molecule has 1 amide bonds. The minimum atomic E-state index is -0.276. The molecule has 0 aliphatic rings. The zero-order chi connectivity index (χ0) is 16.9. The average Bonchev–Trinajstić information content (AvgIpc) is 2.63. The molecular formula is C19H17N3O2. The van der Waals surface area contributed by atoms with Crippen LogP contribution < -0.4 is 10.1 Å². The number of anilines is 1. The molecule has 0 saturated carbocycles. The van der Waals surface area contributed by atoms with E-state index < -0.39 is 0 Å². The predicted octanol–water partition coefficient (Wildman–Crippen LogP) is 3.71. The molecule has 0 aliphatic heterocycles. The number of ether oxygens (including phenoxy) is 1. The van der Waals surface area contributed by atoms with Crippen molar-refractivity contribution in [3.63, 3.8) is 0 Å². The fraction of sp³-hybridized carbons (Fsp3) is 0.105. The van der Waals surface area contributed by atoms with E-state index in [-0.39, 0.29) is 5.91 Å². The number of hydrogen-bond donors (Lipinski definition) is 1. The van der Waals surface area contributed by atoms with Crippen molar-refractivity contribution in [2.45, 2.75) is 6.92 Å². The Morgan fingerprint density at radius 1 is 1.04 bits per heavy atom. The molecule has 0 atom stereocenters. The number of hydrogen-bond acceptors (Lipinski definition) is 4. The summed E-state index contributed by atoms with van der Waals surface area (Å²) < 4.78 is 5.15. The number of aromatic nitrogens is 2. The fourth-order valence-corrected chi connectivity index (χ4v) is 2.28. The highest BCUT2D eigenvalue weighted by molar-refractivity contribution is 6.03. The van der Waals surface area contributed by atoms with Crippen LogP contribution in [-0.4, -0.2) is 23.0 Å². The van der Waals surface area contributed by atoms with Crippen LogP contribution in [0.4, 0.5) is 5.69 Å². The second-order valence-electron chi connectivity index (χ2n) is 5.24. The molecule has 5 nitrogen and oxygen atoms in total. The summed E-state index contributed by atoms with van der Waals surface area (Å²) in [5.41, 5.74) is 3.13. The lowest BCUT2D eigenvalue weighted by Crippen LogP contribution is -2.16. The highest BCUT2D eigenvalue weighted by atomic mass is 16.5. The van der Waals surface area contributed by atoms with Gasteiger partial charge in [-0.3, -0.25) is 9.78 Å². The molecule has 0 fully saturated rings. The maximum Gasteiger partial charge on any atom is 0.276 e. The maximum absolute atomic E-state index is 12.5. The van der Waals surface area contributed by atoms with E-state index in [1.165, 1.54) is 0 Å². The van der Waals surface area contributed by atoms with Gasteiger partial charge in [-0.2, -0.15) is 0 Å². The third-order valence-electron chi connectivity index (χ3n) is 3.59. The van der Waals surface area contributed by atoms with E-state index in [1.807, 2.05) is 54.6 Å². The Bertz CT molecular complexity index is 846. The molecule has 0 saturated heterocycles. The number of carbonyl (C=O) groups excluding carboxylic acids is 1. The summed E-state index contributed by atoms with van der Waals surface area (Å²) in [4.78, 5) is 21.3. The molecule has 0 aliphatic carbocycles. The van der Waals surface area contributed by atoms with Crippen LogP contribution in [0.25, 0.3) is 11.3 Å². The summed E-state index contributed by atoms with van der Waals surface area (Å²) in [6.07, 6.45) is 1.66. The minimum absolute atomic E-state index is 0.276. The Kier molecular flexibility index (Phi) is 4.52. The Labute approximate surface area is 140 Å². The van der Waals surface area contributed by atoms with Gasteiger partial charge in [0.05, 0.1) is 24.7 Å². The third-order valence-corrected chi connectivity index (χ3v) is 3.59. The van der Waals surface area contributed by atoms with E-state index in [2.05, 4.69) is 15.3 Å². The smallest absolute Gasteiger partial charge is 0.276 e. The van der Waals surface area contributed by atoms with E-state index in [9.17, 15) is 4.79 Å². The second kappa shape index (κ2) is 6.91. The van der Waals surface area contributed by atoms with Gasteiger partial charge in [-0.25, -0.2) is 4.98 Å². The Hall–Kier alpha value is -3.21. The number of methoxy groups -OCH3 is 1. The summed E-state index contributed by atoms with van der Waals surface area (Å²) in [7, 11) is 1.62. The van der Waals surface area contributed by atoms with Gasteiger partial charge in [0.25, 0.3) is 5.91 Å². The van der Waals surface area contributed by atoms with Gasteiger partial charge in [-0.15, -0.1) is 0 Å². The molecule has 3 rings (SSSR count). The van der Waals surface area contributed by atoms with Crippen molar-refractivity contribution >= 4 is 11.6 Å². The van der Waals surface area contributed by atoms with Gasteiger partial charge in [0.2, 0.25) is 0 Å². The number of nitrogens with one attached hydrogen (secondary N) is 1. The Morgan fingerprint density at radius 3 is 2.42 bits per heavy atom. The zero-order valence-corrected chi connectivity index (χ0v) is 13.5. The van der Waals surface area contributed by atoms with Crippen molar-refractivity contribution in [2.75, 3.05) is 12.4 Å². The van der Waals surface area contributed by atoms with Gasteiger partial charge in [-0.1, -0.05) is 18.2 Å². The normalized spacial score (nSPS) is 10.2. The largest absolute Gasteiger partial charge is 0.497 e. The molecule has 3 aromatic rings. The summed E-state index contributed by atoms with van der Waals surface area (Å²) in [6, 6.07) is 16.7. The number of rotatable bonds is 4. The lowest BCUT2D eigenvalue weighted by atomic mass is 10.1. The molecule has 1 aromatic heterocycles. The highest BCUT2D eigenvalue weighted by Crippen LogP contribution is 2.21. The van der Waals surface area contributed by atoms with Crippen molar-refractivity contribution in [3.05, 3.63) is 72.2 Å². The van der Waals surface area contributed by atoms with E-state index in [4.69, 9.17) is 4.74 Å². The van der Waals surface area contributed by atoms with Gasteiger partial charge in [0, 0.05) is 11.3 Å². The van der Waals surface area contributed by atoms with E-state index in [0.29, 0.717) is 17.1 Å². The lowest BCUT2D eigenvalue weighted by Gasteiger charge is -2.09. The zero-order valence-electron chi connectivity index (χ0n) is 13.5. The van der Waals surface area contributed by atoms with Gasteiger partial charge in [-0.05, 0) is 43.3 Å². The summed E-state index contributed by atoms with van der Waals surface area (Å²) in [5, 5.41) is 2.83. The minimum Gasteiger partial charge on any atom is -0.497 e. The van der Waals surface area contributed by atoms with Crippen molar-refractivity contribution in [1.29, 1.82) is 0 Å². The molecule has 24 heavy (non-hydrogen) atoms. The molecular weight excluding hydrogens is 302 g/mol. The van der Waals surface area contributed by atoms with E-state index >= 15 is 0 Å². The molecule has 0 bridgehead atoms. The summed E-state index contributed by atoms with van der Waals surface area (Å²) >= 11 is 0. The number of carbonyl (C=O) groups is 1. The van der Waals surface area contributed by atoms with Crippen molar-refractivity contribution < 1.29 is 9.53 Å². The monoisotopic (exact) mass is 319 g/mol. The van der Waals surface area contributed by atoms with Gasteiger partial charge < -0.3 is 10.1 Å². The number of amides is 1. The standard InChI is InChI=1S/C19H17N3O2/c1-13-18(19(23)21-15-6-4-3-5-7-15)22-17(12-20-13)14-8-10-16(24-2)11-9-14/h3-12H,1-2H3,(H,21,23). The van der Waals surface area contributed by atoms with Crippen LogP contribution in [0.5, 0.6) is 5.75 Å². The van der Waals surface area contributed by atoms with E-state index in [0.717, 1.165) is 17.0 Å². The first-order valence-electron chi connectivity index (χ1n) is 7.52. The average molecular weight is 319 g/mol. The number of para-hydroxylation sites is 1. The molecule has 0 unspecified atom stereocenters. The van der Waals surface area contributed by atoms with Crippen LogP contribution in [0.2, 0.25) is 0 Å². The highest BCUT2D eigenvalue weighted by Gasteiger charge is 2.14. The number of nitrogens with zero attached hydrogens (tertiary/aromatic N) is 2. The van der Waals surface area contributed by atoms with Crippen LogP contribution >= 0.6 is 0 Å². The molecule has 0 radical (unpaired) electrons. The number of aryl methyl sites for hydroxylation is 1. The topological polar surface area (TPSA) is 64.1 Å². The first-order chi connectivity index (χ1) is 11.7. The van der Waals surface area contributed by atoms with Crippen LogP contribution in [0.1, 0.15) is 16.2 Å². The Morgan fingerprint density at radius 2 is 1.75 bits per heavy atom. The molecule has 120 valence electrons. The van der Waals surface area contributed by atoms with Crippen LogP contribution in [-0.2, 0) is 0 Å². The van der Waals surface area contributed by atoms with Crippen LogP contribution in [0, 0.1) is 6.92 Å². The molecule has 0 spiro atoms. The maximum atomic E-state index is 12.5. The third kappa shape index (κ3) is 3.41. The lowest BCUT2D eigenvalue weighted by molar-refractivity contribution is 0.102. The van der Waals surface area contributed by atoms with Gasteiger partial charge in [0.1, 0.15) is 11.4 Å². The summed E-state index contributed by atoms with van der Waals surface area (Å²) in [6.45, 7) is 1.77. The quantitative estimate of drug-likeness (QED) is 0.796. The van der Waals surface area contributed by atoms with Crippen molar-refractivity contribution in [2.24, 2.45) is 0 Å². The van der Waals surface area contributed by atoms with Gasteiger partial charge >= 0.3 is 0 Å². The molecule has 1 N–H and O–H groups in total. The molecule has 2 aromatic carbocycles. The predicted molar refractivity (Wildman–Crippen MR) is 93.2 cm³/mol. The van der Waals surface area contributed by atoms with Crippen LogP contribution in [0.3, 0.4) is 0 Å². The molecule has 1 heterocycles. The molecule has 5 heteroatoms. The Balaban J connectivity index is 1.89. The van der Waals surface area contributed by atoms with Crippen LogP contribution in [0.15, 0.2) is 60.8 Å². The number of benzene rings is 2. The van der Waals surface area contributed by atoms with Gasteiger partial charge in [0.15, 0.2) is 0 Å². The second-order valence-corrected chi connectivity index (χ2v) is 5.24. The van der Waals surface area contributed by atoms with Crippen molar-refractivity contribution in [1.82, 2.24) is 9.97 Å². The first-order valence-corrected chi connectivity index (χ1v) is 7.52. The van der Waals surface area contributed by atoms with Crippen molar-refractivity contribution in [3.8, 4) is 17.0 Å². The summed E-state index contributed by atoms with van der Waals surface area (Å²) in [5.74, 6) is 0.488. The SMILES string of the molecule is COc1ccc(-c2cnc(C)c(C(=O)Nc3ccccc3)n2)cc1. The van der Waals surface area contributed by atoms with E-state index in [1.54, 1.807) is 20.2 Å². The fourth-order valence-electron chi connectivity index (χ4n) is 2.28. The first kappa shape index (κ1) is 15.7.